The molecule has 2 N–H and O–H groups in total. The van der Waals surface area contributed by atoms with Crippen molar-refractivity contribution in [3.05, 3.63) is 35.4 Å². The molecular formula is C15H21N. The molecule has 1 fully saturated rings. The second-order valence-electron chi connectivity index (χ2n) is 5.62. The molecule has 1 aromatic rings. The van der Waals surface area contributed by atoms with E-state index in [1.807, 2.05) is 0 Å². The van der Waals surface area contributed by atoms with Gasteiger partial charge in [-0.3, -0.25) is 0 Å². The van der Waals surface area contributed by atoms with Crippen LogP contribution in [0.3, 0.4) is 0 Å². The third kappa shape index (κ3) is 2.15. The summed E-state index contributed by atoms with van der Waals surface area (Å²) >= 11 is 0. The van der Waals surface area contributed by atoms with E-state index in [0.29, 0.717) is 12.0 Å². The van der Waals surface area contributed by atoms with E-state index in [1.54, 1.807) is 0 Å². The maximum Gasteiger partial charge on any atom is 0.00736 e. The van der Waals surface area contributed by atoms with Crippen LogP contribution in [0.25, 0.3) is 0 Å². The van der Waals surface area contributed by atoms with E-state index in [1.165, 1.54) is 49.7 Å². The second-order valence-corrected chi connectivity index (χ2v) is 5.62. The fourth-order valence-electron chi connectivity index (χ4n) is 2.97. The van der Waals surface area contributed by atoms with Crippen molar-refractivity contribution in [1.82, 2.24) is 0 Å². The first kappa shape index (κ1) is 10.3. The van der Waals surface area contributed by atoms with Crippen LogP contribution >= 0.6 is 0 Å². The molecule has 1 saturated carbocycles. The van der Waals surface area contributed by atoms with Crippen LogP contribution < -0.4 is 5.73 Å². The van der Waals surface area contributed by atoms with E-state index >= 15 is 0 Å². The highest BCUT2D eigenvalue weighted by Crippen LogP contribution is 2.36. The normalized spacial score (nSPS) is 22.1. The fraction of sp³-hybridized carbons (Fsp3) is 0.600. The number of rotatable bonds is 4. The van der Waals surface area contributed by atoms with Crippen LogP contribution in [0.1, 0.15) is 36.8 Å². The van der Waals surface area contributed by atoms with E-state index in [4.69, 9.17) is 5.73 Å². The van der Waals surface area contributed by atoms with E-state index in [2.05, 4.69) is 24.3 Å². The molecule has 1 heteroatoms. The lowest BCUT2D eigenvalue weighted by Crippen LogP contribution is -2.30. The molecule has 1 unspecified atom stereocenters. The maximum atomic E-state index is 6.33. The quantitative estimate of drug-likeness (QED) is 0.821. The van der Waals surface area contributed by atoms with Gasteiger partial charge in [-0.05, 0) is 48.6 Å². The molecule has 0 spiro atoms. The Kier molecular flexibility index (Phi) is 2.72. The molecule has 2 aliphatic carbocycles. The van der Waals surface area contributed by atoms with Crippen LogP contribution in [-0.2, 0) is 12.8 Å². The van der Waals surface area contributed by atoms with Gasteiger partial charge in [-0.2, -0.15) is 0 Å². The summed E-state index contributed by atoms with van der Waals surface area (Å²) in [7, 11) is 0. The fourth-order valence-corrected chi connectivity index (χ4v) is 2.97. The summed E-state index contributed by atoms with van der Waals surface area (Å²) in [5.41, 5.74) is 9.41. The van der Waals surface area contributed by atoms with Crippen molar-refractivity contribution in [2.75, 3.05) is 0 Å². The number of hydrogen-bond acceptors (Lipinski definition) is 1. The topological polar surface area (TPSA) is 26.0 Å². The lowest BCUT2D eigenvalue weighted by molar-refractivity contribution is 0.400. The summed E-state index contributed by atoms with van der Waals surface area (Å²) in [6.07, 6.45) is 7.94. The third-order valence-corrected chi connectivity index (χ3v) is 4.29. The average Bonchev–Trinajstić information content (AvgIpc) is 3.02. The van der Waals surface area contributed by atoms with Crippen LogP contribution in [0.5, 0.6) is 0 Å². The van der Waals surface area contributed by atoms with Gasteiger partial charge in [0.15, 0.2) is 0 Å². The van der Waals surface area contributed by atoms with Crippen LogP contribution in [-0.4, -0.2) is 6.04 Å². The predicted molar refractivity (Wildman–Crippen MR) is 67.3 cm³/mol. The Balaban J connectivity index is 1.57. The van der Waals surface area contributed by atoms with Gasteiger partial charge in [-0.25, -0.2) is 0 Å². The van der Waals surface area contributed by atoms with Crippen molar-refractivity contribution in [3.63, 3.8) is 0 Å². The maximum absolute atomic E-state index is 6.33. The highest BCUT2D eigenvalue weighted by molar-refractivity contribution is 5.32. The molecule has 0 amide bonds. The van der Waals surface area contributed by atoms with Gasteiger partial charge in [0.05, 0.1) is 0 Å². The number of fused-ring (bicyclic) bond motifs is 1. The van der Waals surface area contributed by atoms with Gasteiger partial charge in [0, 0.05) is 6.04 Å². The molecule has 0 aliphatic heterocycles. The molecule has 2 aliphatic rings. The Morgan fingerprint density at radius 1 is 1.12 bits per heavy atom. The van der Waals surface area contributed by atoms with Crippen LogP contribution in [0.2, 0.25) is 0 Å². The average molecular weight is 215 g/mol. The molecule has 1 atom stereocenters. The van der Waals surface area contributed by atoms with Gasteiger partial charge in [-0.15, -0.1) is 0 Å². The molecule has 1 aromatic carbocycles. The zero-order valence-electron chi connectivity index (χ0n) is 9.86. The molecule has 0 saturated heterocycles. The Bertz CT molecular complexity index is 342. The van der Waals surface area contributed by atoms with Crippen molar-refractivity contribution in [2.45, 2.75) is 44.6 Å². The van der Waals surface area contributed by atoms with Crippen molar-refractivity contribution >= 4 is 0 Å². The van der Waals surface area contributed by atoms with Gasteiger partial charge in [0.2, 0.25) is 0 Å². The standard InChI is InChI=1S/C15H21N/c16-15(8-7-11-5-6-11)14-9-12-3-1-2-4-13(12)10-14/h1-4,11,14-15H,5-10,16H2. The van der Waals surface area contributed by atoms with Gasteiger partial charge in [0.25, 0.3) is 0 Å². The monoisotopic (exact) mass is 215 g/mol. The summed E-state index contributed by atoms with van der Waals surface area (Å²) in [6.45, 7) is 0. The molecule has 0 aromatic heterocycles. The van der Waals surface area contributed by atoms with E-state index in [9.17, 15) is 0 Å². The highest BCUT2D eigenvalue weighted by Gasteiger charge is 2.28. The van der Waals surface area contributed by atoms with Gasteiger partial charge < -0.3 is 5.73 Å². The SMILES string of the molecule is NC(CCC1CC1)C1Cc2ccccc2C1. The zero-order chi connectivity index (χ0) is 11.0. The minimum Gasteiger partial charge on any atom is -0.327 e. The van der Waals surface area contributed by atoms with Crippen LogP contribution in [0, 0.1) is 11.8 Å². The first-order valence-corrected chi connectivity index (χ1v) is 6.65. The molecule has 3 rings (SSSR count). The van der Waals surface area contributed by atoms with E-state index < -0.39 is 0 Å². The number of hydrogen-bond donors (Lipinski definition) is 1. The van der Waals surface area contributed by atoms with Gasteiger partial charge >= 0.3 is 0 Å². The van der Waals surface area contributed by atoms with Crippen molar-refractivity contribution in [1.29, 1.82) is 0 Å². The Labute approximate surface area is 98.0 Å². The minimum atomic E-state index is 0.424. The van der Waals surface area contributed by atoms with Crippen molar-refractivity contribution < 1.29 is 0 Å². The highest BCUT2D eigenvalue weighted by atomic mass is 14.7. The first-order chi connectivity index (χ1) is 7.83. The van der Waals surface area contributed by atoms with Gasteiger partial charge in [-0.1, -0.05) is 37.1 Å². The Hall–Kier alpha value is -0.820. The first-order valence-electron chi connectivity index (χ1n) is 6.65. The number of benzene rings is 1. The second kappa shape index (κ2) is 4.21. The van der Waals surface area contributed by atoms with Crippen LogP contribution in [0.4, 0.5) is 0 Å². The van der Waals surface area contributed by atoms with Crippen LogP contribution in [0.15, 0.2) is 24.3 Å². The van der Waals surface area contributed by atoms with Crippen molar-refractivity contribution in [3.8, 4) is 0 Å². The molecule has 0 heterocycles. The zero-order valence-corrected chi connectivity index (χ0v) is 9.86. The lowest BCUT2D eigenvalue weighted by atomic mass is 9.93. The van der Waals surface area contributed by atoms with Gasteiger partial charge in [0.1, 0.15) is 0 Å². The third-order valence-electron chi connectivity index (χ3n) is 4.29. The number of nitrogens with two attached hydrogens (primary N) is 1. The Morgan fingerprint density at radius 2 is 1.75 bits per heavy atom. The summed E-state index contributed by atoms with van der Waals surface area (Å²) in [5.74, 6) is 1.73. The molecule has 0 bridgehead atoms. The minimum absolute atomic E-state index is 0.424. The largest absolute Gasteiger partial charge is 0.327 e. The van der Waals surface area contributed by atoms with E-state index in [-0.39, 0.29) is 0 Å². The summed E-state index contributed by atoms with van der Waals surface area (Å²) in [6, 6.07) is 9.26. The Morgan fingerprint density at radius 3 is 2.31 bits per heavy atom. The predicted octanol–water partition coefficient (Wildman–Crippen LogP) is 2.92. The summed E-state index contributed by atoms with van der Waals surface area (Å²) in [4.78, 5) is 0. The molecular weight excluding hydrogens is 194 g/mol. The van der Waals surface area contributed by atoms with Crippen molar-refractivity contribution in [2.24, 2.45) is 17.6 Å². The molecule has 0 radical (unpaired) electrons. The molecule has 16 heavy (non-hydrogen) atoms. The molecule has 1 nitrogen and oxygen atoms in total. The molecule has 86 valence electrons. The smallest absolute Gasteiger partial charge is 0.00736 e. The lowest BCUT2D eigenvalue weighted by Gasteiger charge is -2.18. The summed E-state index contributed by atoms with van der Waals surface area (Å²) < 4.78 is 0. The summed E-state index contributed by atoms with van der Waals surface area (Å²) in [5, 5.41) is 0. The van der Waals surface area contributed by atoms with E-state index in [0.717, 1.165) is 5.92 Å².